The smallest absolute Gasteiger partial charge is 0.184 e. The first-order valence-electron chi connectivity index (χ1n) is 5.73. The van der Waals surface area contributed by atoms with Gasteiger partial charge in [-0.05, 0) is 0 Å². The van der Waals surface area contributed by atoms with Crippen LogP contribution < -0.4 is 0 Å². The van der Waals surface area contributed by atoms with Crippen LogP contribution in [0.15, 0.2) is 91.0 Å². The normalized spacial score (nSPS) is 7.58. The maximum absolute atomic E-state index is 2.89. The molecule has 3 aromatic rings. The number of rotatable bonds is 0. The molecule has 0 spiro atoms. The van der Waals surface area contributed by atoms with Gasteiger partial charge in [0.05, 0.1) is 0 Å². The summed E-state index contributed by atoms with van der Waals surface area (Å²) in [6.45, 7) is 0. The molecule has 0 aliphatic rings. The fourth-order valence-corrected chi connectivity index (χ4v) is 1.03. The summed E-state index contributed by atoms with van der Waals surface area (Å²) in [6.07, 6.45) is 0. The standard InChI is InChI=1S/3C6H5.Cr/c3*1-2-4-6-5-3-1;/h3*1-5H;/q3*-1;+3. The van der Waals surface area contributed by atoms with Gasteiger partial charge in [0, 0.05) is 0 Å². The van der Waals surface area contributed by atoms with Crippen LogP contribution in [-0.2, 0) is 17.4 Å². The van der Waals surface area contributed by atoms with Crippen LogP contribution >= 0.6 is 0 Å². The molecule has 0 nitrogen and oxygen atoms in total. The molecule has 0 aliphatic carbocycles. The molecule has 0 N–H and O–H groups in total. The summed E-state index contributed by atoms with van der Waals surface area (Å²) in [7, 11) is 0. The van der Waals surface area contributed by atoms with Crippen molar-refractivity contribution in [2.45, 2.75) is 0 Å². The molecule has 0 heterocycles. The summed E-state index contributed by atoms with van der Waals surface area (Å²) >= 11 is 0. The van der Waals surface area contributed by atoms with E-state index in [4.69, 9.17) is 0 Å². The van der Waals surface area contributed by atoms with E-state index in [2.05, 4.69) is 18.2 Å². The van der Waals surface area contributed by atoms with Crippen LogP contribution in [0, 0.1) is 18.2 Å². The number of hydrogen-bond acceptors (Lipinski definition) is 0. The summed E-state index contributed by atoms with van der Waals surface area (Å²) in [5.74, 6) is 0. The van der Waals surface area contributed by atoms with Gasteiger partial charge in [-0.15, -0.1) is 0 Å². The van der Waals surface area contributed by atoms with Gasteiger partial charge >= 0.3 is 17.4 Å². The second-order valence-corrected chi connectivity index (χ2v) is 3.23. The van der Waals surface area contributed by atoms with Crippen molar-refractivity contribution >= 4 is 0 Å². The minimum atomic E-state index is 0. The zero-order valence-electron chi connectivity index (χ0n) is 10.6. The Labute approximate surface area is 126 Å². The summed E-state index contributed by atoms with van der Waals surface area (Å²) in [4.78, 5) is 0. The third-order valence-electron chi connectivity index (χ3n) is 1.82. The van der Waals surface area contributed by atoms with Crippen LogP contribution in [0.25, 0.3) is 0 Å². The van der Waals surface area contributed by atoms with Gasteiger partial charge in [-0.25, -0.2) is 0 Å². The summed E-state index contributed by atoms with van der Waals surface area (Å²) in [6, 6.07) is 37.5. The van der Waals surface area contributed by atoms with Crippen molar-refractivity contribution in [3.8, 4) is 0 Å². The van der Waals surface area contributed by atoms with Gasteiger partial charge in [-0.3, -0.25) is 0 Å². The van der Waals surface area contributed by atoms with Crippen LogP contribution in [0.5, 0.6) is 0 Å². The quantitative estimate of drug-likeness (QED) is 0.534. The molecule has 19 heavy (non-hydrogen) atoms. The zero-order valence-corrected chi connectivity index (χ0v) is 11.8. The van der Waals surface area contributed by atoms with Crippen LogP contribution in [0.4, 0.5) is 0 Å². The molecule has 3 aromatic carbocycles. The van der Waals surface area contributed by atoms with Gasteiger partial charge in [0.2, 0.25) is 0 Å². The molecule has 0 bridgehead atoms. The molecule has 0 atom stereocenters. The van der Waals surface area contributed by atoms with Crippen molar-refractivity contribution in [1.82, 2.24) is 0 Å². The van der Waals surface area contributed by atoms with Crippen molar-refractivity contribution in [3.05, 3.63) is 109 Å². The van der Waals surface area contributed by atoms with E-state index >= 15 is 0 Å². The van der Waals surface area contributed by atoms with E-state index in [1.165, 1.54) is 0 Å². The maximum Gasteiger partial charge on any atom is 3.00 e. The molecular weight excluding hydrogens is 268 g/mol. The van der Waals surface area contributed by atoms with Gasteiger partial charge in [0.1, 0.15) is 0 Å². The van der Waals surface area contributed by atoms with E-state index in [1.807, 2.05) is 91.0 Å². The predicted octanol–water partition coefficient (Wildman–Crippen LogP) is 4.46. The second kappa shape index (κ2) is 14.3. The van der Waals surface area contributed by atoms with Gasteiger partial charge in [-0.2, -0.15) is 109 Å². The molecule has 3 rings (SSSR count). The minimum Gasteiger partial charge on any atom is -0.184 e. The molecule has 1 radical (unpaired) electrons. The maximum atomic E-state index is 2.89. The molecular formula is C18H15Cr. The molecule has 0 aromatic heterocycles. The van der Waals surface area contributed by atoms with Crippen molar-refractivity contribution in [1.29, 1.82) is 0 Å². The molecule has 93 valence electrons. The Hall–Kier alpha value is -1.81. The zero-order chi connectivity index (χ0) is 12.7. The van der Waals surface area contributed by atoms with Gasteiger partial charge in [0.25, 0.3) is 0 Å². The van der Waals surface area contributed by atoms with Gasteiger partial charge in [-0.1, -0.05) is 0 Å². The SMILES string of the molecule is [Cr+3].[c-]1ccccc1.[c-]1ccccc1.[c-]1ccccc1. The van der Waals surface area contributed by atoms with E-state index in [0.29, 0.717) is 0 Å². The first-order valence-corrected chi connectivity index (χ1v) is 5.73. The van der Waals surface area contributed by atoms with Gasteiger partial charge in [0.15, 0.2) is 0 Å². The molecule has 0 unspecified atom stereocenters. The van der Waals surface area contributed by atoms with E-state index in [-0.39, 0.29) is 17.4 Å². The number of benzene rings is 3. The molecule has 0 fully saturated rings. The molecule has 1 heteroatoms. The third-order valence-corrected chi connectivity index (χ3v) is 1.82. The van der Waals surface area contributed by atoms with Crippen molar-refractivity contribution in [2.75, 3.05) is 0 Å². The van der Waals surface area contributed by atoms with Crippen LogP contribution in [0.1, 0.15) is 0 Å². The molecule has 0 aliphatic heterocycles. The fourth-order valence-electron chi connectivity index (χ4n) is 1.03. The summed E-state index contributed by atoms with van der Waals surface area (Å²) in [5, 5.41) is 0. The van der Waals surface area contributed by atoms with Crippen molar-refractivity contribution < 1.29 is 17.4 Å². The Morgan fingerprint density at radius 2 is 0.526 bits per heavy atom. The first kappa shape index (κ1) is 17.2. The predicted molar refractivity (Wildman–Crippen MR) is 75.8 cm³/mol. The summed E-state index contributed by atoms with van der Waals surface area (Å²) in [5.41, 5.74) is 0. The van der Waals surface area contributed by atoms with E-state index in [1.54, 1.807) is 0 Å². The molecule has 0 saturated heterocycles. The van der Waals surface area contributed by atoms with Crippen molar-refractivity contribution in [2.24, 2.45) is 0 Å². The minimum absolute atomic E-state index is 0. The average Bonchev–Trinajstić information content (AvgIpc) is 2.54. The van der Waals surface area contributed by atoms with E-state index in [0.717, 1.165) is 0 Å². The van der Waals surface area contributed by atoms with Crippen molar-refractivity contribution in [3.63, 3.8) is 0 Å². The Bertz CT molecular complexity index is 296. The monoisotopic (exact) mass is 283 g/mol. The van der Waals surface area contributed by atoms with Crippen LogP contribution in [0.2, 0.25) is 0 Å². The Kier molecular flexibility index (Phi) is 12.9. The first-order chi connectivity index (χ1) is 9.00. The molecule has 0 saturated carbocycles. The van der Waals surface area contributed by atoms with E-state index in [9.17, 15) is 0 Å². The van der Waals surface area contributed by atoms with Crippen LogP contribution in [-0.4, -0.2) is 0 Å². The second-order valence-electron chi connectivity index (χ2n) is 3.23. The van der Waals surface area contributed by atoms with Gasteiger partial charge < -0.3 is 0 Å². The Balaban J connectivity index is 0.000000249. The number of hydrogen-bond donors (Lipinski definition) is 0. The van der Waals surface area contributed by atoms with E-state index < -0.39 is 0 Å². The topological polar surface area (TPSA) is 0 Å². The molecule has 0 amide bonds. The largest absolute Gasteiger partial charge is 3.00 e. The summed E-state index contributed by atoms with van der Waals surface area (Å²) < 4.78 is 0. The fraction of sp³-hybridized carbons (Fsp3) is 0. The van der Waals surface area contributed by atoms with Crippen LogP contribution in [0.3, 0.4) is 0 Å². The average molecular weight is 283 g/mol. The Morgan fingerprint density at radius 3 is 0.579 bits per heavy atom. The third kappa shape index (κ3) is 12.4. The Morgan fingerprint density at radius 1 is 0.316 bits per heavy atom.